The van der Waals surface area contributed by atoms with Crippen molar-refractivity contribution in [3.8, 4) is 21.7 Å². The lowest BCUT2D eigenvalue weighted by atomic mass is 9.80. The maximum atomic E-state index is 2.76. The Morgan fingerprint density at radius 3 is 2.22 bits per heavy atom. The van der Waals surface area contributed by atoms with E-state index in [9.17, 15) is 0 Å². The fourth-order valence-corrected chi connectivity index (χ4v) is 10.7. The number of benzene rings is 3. The second kappa shape index (κ2) is 9.51. The molecule has 230 valence electrons. The molecule has 5 aromatic rings. The number of rotatable bonds is 5. The zero-order valence-electron chi connectivity index (χ0n) is 28.6. The fraction of sp³-hybridized carbons (Fsp3) is 0.415. The predicted molar refractivity (Wildman–Crippen MR) is 190 cm³/mol. The molecule has 0 amide bonds. The van der Waals surface area contributed by atoms with Crippen molar-refractivity contribution in [2.45, 2.75) is 98.9 Å². The zero-order chi connectivity index (χ0) is 31.7. The molecule has 4 heterocycles. The van der Waals surface area contributed by atoms with E-state index in [1.54, 1.807) is 0 Å². The summed E-state index contributed by atoms with van der Waals surface area (Å²) in [6, 6.07) is 26.8. The van der Waals surface area contributed by atoms with Gasteiger partial charge in [-0.25, -0.2) is 0 Å². The van der Waals surface area contributed by atoms with Crippen LogP contribution in [0.4, 0.5) is 0 Å². The molecule has 2 aromatic heterocycles. The summed E-state index contributed by atoms with van der Waals surface area (Å²) in [4.78, 5) is 4.22. The highest BCUT2D eigenvalue weighted by atomic mass is 32.1. The van der Waals surface area contributed by atoms with Crippen molar-refractivity contribution < 1.29 is 9.14 Å². The minimum absolute atomic E-state index is 0.0627. The summed E-state index contributed by atoms with van der Waals surface area (Å²) in [5.41, 5.74) is 11.3. The second-order valence-corrected chi connectivity index (χ2v) is 16.5. The van der Waals surface area contributed by atoms with Gasteiger partial charge in [0, 0.05) is 38.1 Å². The van der Waals surface area contributed by atoms with Crippen LogP contribution >= 0.6 is 11.3 Å². The fourth-order valence-electron chi connectivity index (χ4n) is 9.23. The molecule has 0 radical (unpaired) electrons. The minimum Gasteiger partial charge on any atom is -0.156 e. The number of fused-ring (bicyclic) bond motifs is 13. The van der Waals surface area contributed by atoms with Gasteiger partial charge in [-0.3, -0.25) is 0 Å². The average Bonchev–Trinajstić information content (AvgIpc) is 3.56. The van der Waals surface area contributed by atoms with Gasteiger partial charge in [0.15, 0.2) is 0 Å². The standard InChI is InChI=1S/C41H47N3S/c1-23(2)21-27-15-19-32-28(22-27)16-20-33-35-31(41(44(32)33)42(25(5)6)39(24(3)4)43(41)26(7)8)18-17-30-36(35)38-37(40(30,9)10)29-13-11-12-14-34(29)45-38/h11-20,22-26H,21H2,1-10H3/q+2. The first-order valence-corrected chi connectivity index (χ1v) is 17.9. The Morgan fingerprint density at radius 2 is 1.53 bits per heavy atom. The summed E-state index contributed by atoms with van der Waals surface area (Å²) in [7, 11) is 0. The molecule has 45 heavy (non-hydrogen) atoms. The Hall–Kier alpha value is -3.50. The summed E-state index contributed by atoms with van der Waals surface area (Å²) < 4.78 is 6.88. The lowest BCUT2D eigenvalue weighted by Gasteiger charge is -2.46. The molecular weight excluding hydrogens is 567 g/mol. The molecule has 3 aliphatic rings. The van der Waals surface area contributed by atoms with E-state index in [0.717, 1.165) is 6.42 Å². The highest BCUT2D eigenvalue weighted by molar-refractivity contribution is 7.22. The Balaban J connectivity index is 1.54. The largest absolute Gasteiger partial charge is 0.479 e. The van der Waals surface area contributed by atoms with Crippen molar-refractivity contribution in [3.05, 3.63) is 89.0 Å². The van der Waals surface area contributed by atoms with Gasteiger partial charge in [-0.2, -0.15) is 9.48 Å². The topological polar surface area (TPSA) is 10.1 Å². The van der Waals surface area contributed by atoms with Crippen LogP contribution in [0.1, 0.15) is 91.5 Å². The van der Waals surface area contributed by atoms with Crippen molar-refractivity contribution in [1.82, 2.24) is 4.90 Å². The Labute approximate surface area is 272 Å². The lowest BCUT2D eigenvalue weighted by Crippen LogP contribution is -2.83. The molecular formula is C41H47N3S+2. The van der Waals surface area contributed by atoms with Crippen molar-refractivity contribution in [2.75, 3.05) is 0 Å². The first-order chi connectivity index (χ1) is 21.4. The highest BCUT2D eigenvalue weighted by Gasteiger charge is 2.77. The number of thiophene rings is 1. The molecule has 1 aliphatic carbocycles. The van der Waals surface area contributed by atoms with Gasteiger partial charge in [-0.05, 0) is 86.4 Å². The third-order valence-electron chi connectivity index (χ3n) is 10.6. The molecule has 1 unspecified atom stereocenters. The molecule has 2 aliphatic heterocycles. The van der Waals surface area contributed by atoms with Gasteiger partial charge in [-0.1, -0.05) is 71.9 Å². The van der Waals surface area contributed by atoms with Crippen LogP contribution in [0.5, 0.6) is 0 Å². The van der Waals surface area contributed by atoms with Crippen molar-refractivity contribution in [2.24, 2.45) is 11.8 Å². The third-order valence-corrected chi connectivity index (χ3v) is 11.8. The molecule has 0 saturated heterocycles. The van der Waals surface area contributed by atoms with Gasteiger partial charge in [0.1, 0.15) is 17.6 Å². The summed E-state index contributed by atoms with van der Waals surface area (Å²) in [6.45, 7) is 23.8. The first kappa shape index (κ1) is 28.9. The van der Waals surface area contributed by atoms with E-state index in [2.05, 4.69) is 150 Å². The maximum Gasteiger partial charge on any atom is 0.479 e. The third kappa shape index (κ3) is 3.52. The first-order valence-electron chi connectivity index (χ1n) is 17.0. The van der Waals surface area contributed by atoms with Crippen LogP contribution in [0.15, 0.2) is 66.7 Å². The number of aromatic nitrogens is 1. The van der Waals surface area contributed by atoms with E-state index < -0.39 is 5.79 Å². The molecule has 0 bridgehead atoms. The van der Waals surface area contributed by atoms with Gasteiger partial charge in [-0.15, -0.1) is 15.9 Å². The van der Waals surface area contributed by atoms with E-state index in [1.807, 2.05) is 11.3 Å². The zero-order valence-corrected chi connectivity index (χ0v) is 29.4. The summed E-state index contributed by atoms with van der Waals surface area (Å²) in [5.74, 6) is 2.07. The molecule has 0 fully saturated rings. The van der Waals surface area contributed by atoms with Crippen molar-refractivity contribution in [3.63, 3.8) is 0 Å². The second-order valence-electron chi connectivity index (χ2n) is 15.5. The predicted octanol–water partition coefficient (Wildman–Crippen LogP) is 9.69. The molecule has 0 saturated carbocycles. The number of nitrogens with zero attached hydrogens (tertiary/aromatic N) is 3. The van der Waals surface area contributed by atoms with E-state index in [-0.39, 0.29) is 5.41 Å². The van der Waals surface area contributed by atoms with Crippen LogP contribution in [-0.4, -0.2) is 27.4 Å². The summed E-state index contributed by atoms with van der Waals surface area (Å²) in [6.07, 6.45) is 1.10. The number of amidine groups is 1. The highest BCUT2D eigenvalue weighted by Crippen LogP contribution is 2.61. The van der Waals surface area contributed by atoms with Crippen LogP contribution in [0.3, 0.4) is 0 Å². The van der Waals surface area contributed by atoms with Gasteiger partial charge >= 0.3 is 5.79 Å². The van der Waals surface area contributed by atoms with Crippen molar-refractivity contribution >= 4 is 38.2 Å². The van der Waals surface area contributed by atoms with Gasteiger partial charge in [0.05, 0.1) is 11.5 Å². The van der Waals surface area contributed by atoms with Crippen molar-refractivity contribution in [1.29, 1.82) is 0 Å². The van der Waals surface area contributed by atoms with Gasteiger partial charge < -0.3 is 0 Å². The van der Waals surface area contributed by atoms with Crippen LogP contribution in [0.2, 0.25) is 0 Å². The molecule has 1 spiro atoms. The van der Waals surface area contributed by atoms with Crippen LogP contribution in [-0.2, 0) is 17.6 Å². The Kier molecular flexibility index (Phi) is 6.12. The quantitative estimate of drug-likeness (QED) is 0.180. The van der Waals surface area contributed by atoms with E-state index in [0.29, 0.717) is 23.9 Å². The summed E-state index contributed by atoms with van der Waals surface area (Å²) >= 11 is 1.99. The number of hydrogen-bond acceptors (Lipinski definition) is 2. The molecule has 1 atom stereocenters. The smallest absolute Gasteiger partial charge is 0.156 e. The average molecular weight is 614 g/mol. The maximum absolute atomic E-state index is 2.76. The minimum atomic E-state index is -0.426. The van der Waals surface area contributed by atoms with E-state index >= 15 is 0 Å². The molecule has 0 N–H and O–H groups in total. The molecule has 3 aromatic carbocycles. The summed E-state index contributed by atoms with van der Waals surface area (Å²) in [5, 5.41) is 2.74. The van der Waals surface area contributed by atoms with Crippen LogP contribution in [0.25, 0.3) is 42.7 Å². The normalized spacial score (nSPS) is 19.5. The number of pyridine rings is 1. The Bertz CT molecular complexity index is 2090. The van der Waals surface area contributed by atoms with E-state index in [1.165, 1.54) is 70.8 Å². The van der Waals surface area contributed by atoms with Gasteiger partial charge in [0.25, 0.3) is 5.84 Å². The SMILES string of the molecule is CC(C)Cc1ccc2c(ccc3[n+]2C2(c4ccc5c(c4-3)-c3sc4ccccc4c3C5(C)C)N(C(C)C)C(C(C)C)=[N+]2C(C)C)c1. The molecule has 8 rings (SSSR count). The van der Waals surface area contributed by atoms with Crippen LogP contribution < -0.4 is 4.57 Å². The number of hydrogen-bond donors (Lipinski definition) is 0. The lowest BCUT2D eigenvalue weighted by molar-refractivity contribution is -0.955. The van der Waals surface area contributed by atoms with Gasteiger partial charge in [0.2, 0.25) is 11.2 Å². The molecule has 4 heteroatoms. The van der Waals surface area contributed by atoms with E-state index in [4.69, 9.17) is 0 Å². The monoisotopic (exact) mass is 613 g/mol. The Morgan fingerprint density at radius 1 is 0.800 bits per heavy atom. The van der Waals surface area contributed by atoms with Crippen LogP contribution in [0, 0.1) is 11.8 Å². The molecule has 3 nitrogen and oxygen atoms in total.